The minimum Gasteiger partial charge on any atom is -0.354 e. The third-order valence-electron chi connectivity index (χ3n) is 3.31. The molecule has 1 aromatic rings. The minimum atomic E-state index is 0.695. The molecule has 1 aliphatic rings. The smallest absolute Gasteiger partial charge is 0.128 e. The van der Waals surface area contributed by atoms with Crippen LogP contribution in [0.3, 0.4) is 0 Å². The van der Waals surface area contributed by atoms with E-state index in [1.54, 1.807) is 0 Å². The standard InChI is InChI=1S/C13H21N3/c1-11-6-8-15-13(10-11)16(9-3-7-14)12-4-2-5-12/h6,8,10,12H,2-5,7,9,14H2,1H3. The molecule has 1 aliphatic carbocycles. The maximum Gasteiger partial charge on any atom is 0.128 e. The summed E-state index contributed by atoms with van der Waals surface area (Å²) in [4.78, 5) is 6.91. The van der Waals surface area contributed by atoms with Crippen molar-refractivity contribution in [3.05, 3.63) is 23.9 Å². The van der Waals surface area contributed by atoms with Gasteiger partial charge in [-0.15, -0.1) is 0 Å². The molecular formula is C13H21N3. The Morgan fingerprint density at radius 1 is 1.50 bits per heavy atom. The lowest BCUT2D eigenvalue weighted by Crippen LogP contribution is -2.41. The van der Waals surface area contributed by atoms with Crippen molar-refractivity contribution in [2.45, 2.75) is 38.6 Å². The van der Waals surface area contributed by atoms with Gasteiger partial charge >= 0.3 is 0 Å². The summed E-state index contributed by atoms with van der Waals surface area (Å²) in [7, 11) is 0. The van der Waals surface area contributed by atoms with Crippen molar-refractivity contribution in [3.63, 3.8) is 0 Å². The third-order valence-corrected chi connectivity index (χ3v) is 3.31. The van der Waals surface area contributed by atoms with Crippen molar-refractivity contribution in [3.8, 4) is 0 Å². The number of pyridine rings is 1. The lowest BCUT2D eigenvalue weighted by atomic mass is 9.91. The Morgan fingerprint density at radius 3 is 2.88 bits per heavy atom. The predicted octanol–water partition coefficient (Wildman–Crippen LogP) is 2.10. The molecule has 1 fully saturated rings. The fraction of sp³-hybridized carbons (Fsp3) is 0.615. The second-order valence-electron chi connectivity index (χ2n) is 4.61. The molecule has 3 nitrogen and oxygen atoms in total. The number of nitrogens with two attached hydrogens (primary N) is 1. The molecule has 0 amide bonds. The average Bonchev–Trinajstić information content (AvgIpc) is 2.21. The van der Waals surface area contributed by atoms with Crippen molar-refractivity contribution in [1.82, 2.24) is 4.98 Å². The molecule has 0 saturated heterocycles. The van der Waals surface area contributed by atoms with Gasteiger partial charge < -0.3 is 10.6 Å². The third kappa shape index (κ3) is 2.53. The molecule has 1 aromatic heterocycles. The van der Waals surface area contributed by atoms with Gasteiger partial charge in [-0.25, -0.2) is 4.98 Å². The summed E-state index contributed by atoms with van der Waals surface area (Å²) in [5.74, 6) is 1.12. The Kier molecular flexibility index (Phi) is 3.78. The maximum absolute atomic E-state index is 5.60. The molecule has 16 heavy (non-hydrogen) atoms. The van der Waals surface area contributed by atoms with Gasteiger partial charge in [-0.05, 0) is 56.8 Å². The fourth-order valence-electron chi connectivity index (χ4n) is 2.12. The number of hydrogen-bond acceptors (Lipinski definition) is 3. The van der Waals surface area contributed by atoms with Crippen LogP contribution >= 0.6 is 0 Å². The van der Waals surface area contributed by atoms with E-state index in [0.29, 0.717) is 6.04 Å². The molecule has 0 aromatic carbocycles. The highest BCUT2D eigenvalue weighted by Gasteiger charge is 2.25. The van der Waals surface area contributed by atoms with E-state index in [1.807, 2.05) is 12.3 Å². The zero-order valence-corrected chi connectivity index (χ0v) is 10.0. The molecule has 1 saturated carbocycles. The van der Waals surface area contributed by atoms with E-state index in [-0.39, 0.29) is 0 Å². The Morgan fingerprint density at radius 2 is 2.31 bits per heavy atom. The van der Waals surface area contributed by atoms with Crippen molar-refractivity contribution < 1.29 is 0 Å². The average molecular weight is 219 g/mol. The van der Waals surface area contributed by atoms with Crippen LogP contribution in [0.25, 0.3) is 0 Å². The Labute approximate surface area is 97.7 Å². The topological polar surface area (TPSA) is 42.2 Å². The van der Waals surface area contributed by atoms with Gasteiger partial charge in [0, 0.05) is 18.8 Å². The molecule has 88 valence electrons. The second kappa shape index (κ2) is 5.30. The molecule has 0 bridgehead atoms. The van der Waals surface area contributed by atoms with Gasteiger partial charge in [0.25, 0.3) is 0 Å². The van der Waals surface area contributed by atoms with Gasteiger partial charge in [-0.2, -0.15) is 0 Å². The summed E-state index contributed by atoms with van der Waals surface area (Å²) in [6.07, 6.45) is 6.92. The largest absolute Gasteiger partial charge is 0.354 e. The fourth-order valence-corrected chi connectivity index (χ4v) is 2.12. The van der Waals surface area contributed by atoms with Gasteiger partial charge in [0.05, 0.1) is 0 Å². The van der Waals surface area contributed by atoms with Crippen LogP contribution in [0.5, 0.6) is 0 Å². The lowest BCUT2D eigenvalue weighted by molar-refractivity contribution is 0.383. The minimum absolute atomic E-state index is 0.695. The molecule has 3 heteroatoms. The van der Waals surface area contributed by atoms with Crippen molar-refractivity contribution >= 4 is 5.82 Å². The summed E-state index contributed by atoms with van der Waals surface area (Å²) in [5, 5.41) is 0. The Balaban J connectivity index is 2.10. The first kappa shape index (κ1) is 11.4. The number of aryl methyl sites for hydroxylation is 1. The number of aromatic nitrogens is 1. The number of anilines is 1. The van der Waals surface area contributed by atoms with E-state index >= 15 is 0 Å². The van der Waals surface area contributed by atoms with E-state index in [1.165, 1.54) is 24.8 Å². The van der Waals surface area contributed by atoms with Crippen LogP contribution in [0.4, 0.5) is 5.82 Å². The first-order valence-electron chi connectivity index (χ1n) is 6.20. The summed E-state index contributed by atoms with van der Waals surface area (Å²) in [5.41, 5.74) is 6.88. The van der Waals surface area contributed by atoms with E-state index in [2.05, 4.69) is 22.9 Å². The first-order chi connectivity index (χ1) is 7.81. The van der Waals surface area contributed by atoms with Crippen LogP contribution in [-0.2, 0) is 0 Å². The quantitative estimate of drug-likeness (QED) is 0.824. The number of rotatable bonds is 5. The van der Waals surface area contributed by atoms with E-state index in [0.717, 1.165) is 25.3 Å². The molecule has 0 unspecified atom stereocenters. The maximum atomic E-state index is 5.60. The van der Waals surface area contributed by atoms with Gasteiger partial charge in [0.15, 0.2) is 0 Å². The molecule has 0 spiro atoms. The summed E-state index contributed by atoms with van der Waals surface area (Å²) in [6.45, 7) is 3.92. The summed E-state index contributed by atoms with van der Waals surface area (Å²) >= 11 is 0. The number of nitrogens with zero attached hydrogens (tertiary/aromatic N) is 2. The SMILES string of the molecule is Cc1ccnc(N(CCCN)C2CCC2)c1. The normalized spacial score (nSPS) is 15.9. The highest BCUT2D eigenvalue weighted by atomic mass is 15.2. The van der Waals surface area contributed by atoms with Crippen LogP contribution in [-0.4, -0.2) is 24.1 Å². The van der Waals surface area contributed by atoms with Crippen LogP contribution in [0.1, 0.15) is 31.2 Å². The van der Waals surface area contributed by atoms with E-state index in [4.69, 9.17) is 5.73 Å². The molecular weight excluding hydrogens is 198 g/mol. The Hall–Kier alpha value is -1.09. The van der Waals surface area contributed by atoms with Gasteiger partial charge in [0.2, 0.25) is 0 Å². The van der Waals surface area contributed by atoms with E-state index in [9.17, 15) is 0 Å². The van der Waals surface area contributed by atoms with Gasteiger partial charge in [0.1, 0.15) is 5.82 Å². The van der Waals surface area contributed by atoms with Crippen LogP contribution < -0.4 is 10.6 Å². The van der Waals surface area contributed by atoms with Gasteiger partial charge in [-0.3, -0.25) is 0 Å². The molecule has 1 heterocycles. The van der Waals surface area contributed by atoms with Crippen LogP contribution in [0.15, 0.2) is 18.3 Å². The molecule has 0 radical (unpaired) electrons. The lowest BCUT2D eigenvalue weighted by Gasteiger charge is -2.38. The molecule has 0 atom stereocenters. The highest BCUT2D eigenvalue weighted by Crippen LogP contribution is 2.28. The molecule has 2 N–H and O–H groups in total. The molecule has 2 rings (SSSR count). The van der Waals surface area contributed by atoms with Crippen LogP contribution in [0, 0.1) is 6.92 Å². The van der Waals surface area contributed by atoms with Gasteiger partial charge in [-0.1, -0.05) is 0 Å². The molecule has 0 aliphatic heterocycles. The second-order valence-corrected chi connectivity index (χ2v) is 4.61. The first-order valence-corrected chi connectivity index (χ1v) is 6.20. The summed E-state index contributed by atoms with van der Waals surface area (Å²) in [6, 6.07) is 4.92. The zero-order chi connectivity index (χ0) is 11.4. The monoisotopic (exact) mass is 219 g/mol. The highest BCUT2D eigenvalue weighted by molar-refractivity contribution is 5.42. The zero-order valence-electron chi connectivity index (χ0n) is 10.0. The van der Waals surface area contributed by atoms with Crippen molar-refractivity contribution in [2.75, 3.05) is 18.0 Å². The summed E-state index contributed by atoms with van der Waals surface area (Å²) < 4.78 is 0. The van der Waals surface area contributed by atoms with Crippen molar-refractivity contribution in [1.29, 1.82) is 0 Å². The van der Waals surface area contributed by atoms with Crippen molar-refractivity contribution in [2.24, 2.45) is 5.73 Å². The predicted molar refractivity (Wildman–Crippen MR) is 67.6 cm³/mol. The van der Waals surface area contributed by atoms with E-state index < -0.39 is 0 Å². The number of hydrogen-bond donors (Lipinski definition) is 1. The Bertz CT molecular complexity index is 334. The van der Waals surface area contributed by atoms with Crippen LogP contribution in [0.2, 0.25) is 0 Å².